The van der Waals surface area contributed by atoms with Crippen LogP contribution in [0.3, 0.4) is 0 Å². The number of methoxy groups -OCH3 is 3. The van der Waals surface area contributed by atoms with Gasteiger partial charge >= 0.3 is 0 Å². The maximum Gasteiger partial charge on any atom is 0.278 e. The lowest BCUT2D eigenvalue weighted by Gasteiger charge is -2.30. The number of morpholine rings is 1. The Morgan fingerprint density at radius 2 is 1.77 bits per heavy atom. The summed E-state index contributed by atoms with van der Waals surface area (Å²) in [5, 5.41) is 0. The van der Waals surface area contributed by atoms with Crippen molar-refractivity contribution in [1.29, 1.82) is 0 Å². The van der Waals surface area contributed by atoms with Crippen LogP contribution in [-0.4, -0.2) is 80.8 Å². The van der Waals surface area contributed by atoms with E-state index in [1.54, 1.807) is 32.4 Å². The van der Waals surface area contributed by atoms with Crippen LogP contribution in [0, 0.1) is 6.92 Å². The first-order valence-electron chi connectivity index (χ1n) is 12.6. The summed E-state index contributed by atoms with van der Waals surface area (Å²) in [4.78, 5) is 30.9. The highest BCUT2D eigenvalue weighted by molar-refractivity contribution is 6.54. The SMILES string of the molecule is COc1cc(Cc2cnc(/N=C3/C(=O)N(CN4CCOCC4)c4ccc(C)cc43)nc2N)cc(OC)c1OC. The van der Waals surface area contributed by atoms with E-state index in [4.69, 9.17) is 24.7 Å². The molecule has 3 heterocycles. The molecule has 5 rings (SSSR count). The number of aliphatic imine (C=N–C) groups is 1. The number of aryl methyl sites for hydroxylation is 1. The summed E-state index contributed by atoms with van der Waals surface area (Å²) in [6, 6.07) is 9.63. The van der Waals surface area contributed by atoms with Gasteiger partial charge in [0.1, 0.15) is 11.5 Å². The number of carbonyl (C=O) groups excluding carboxylic acids is 1. The number of amides is 1. The summed E-state index contributed by atoms with van der Waals surface area (Å²) in [5.74, 6) is 1.82. The first-order valence-corrected chi connectivity index (χ1v) is 12.6. The third-order valence-electron chi connectivity index (χ3n) is 6.81. The van der Waals surface area contributed by atoms with Gasteiger partial charge in [-0.2, -0.15) is 4.98 Å². The monoisotopic (exact) mass is 532 g/mol. The van der Waals surface area contributed by atoms with Gasteiger partial charge < -0.3 is 24.7 Å². The molecule has 2 aliphatic rings. The van der Waals surface area contributed by atoms with E-state index in [2.05, 4.69) is 19.9 Å². The first-order chi connectivity index (χ1) is 18.9. The molecule has 1 amide bonds. The van der Waals surface area contributed by atoms with Gasteiger partial charge in [0.2, 0.25) is 5.75 Å². The number of nitrogen functional groups attached to an aromatic ring is 1. The molecule has 2 N–H and O–H groups in total. The smallest absolute Gasteiger partial charge is 0.278 e. The normalized spacial score (nSPS) is 16.5. The minimum Gasteiger partial charge on any atom is -0.493 e. The molecule has 2 aliphatic heterocycles. The molecule has 39 heavy (non-hydrogen) atoms. The van der Waals surface area contributed by atoms with Crippen LogP contribution in [0.5, 0.6) is 17.2 Å². The number of nitrogens with two attached hydrogens (primary N) is 1. The van der Waals surface area contributed by atoms with Crippen LogP contribution in [0.2, 0.25) is 0 Å². The van der Waals surface area contributed by atoms with Crippen molar-refractivity contribution in [2.24, 2.45) is 4.99 Å². The van der Waals surface area contributed by atoms with Gasteiger partial charge in [0, 0.05) is 36.8 Å². The largest absolute Gasteiger partial charge is 0.493 e. The lowest BCUT2D eigenvalue weighted by atomic mass is 10.1. The fourth-order valence-corrected chi connectivity index (χ4v) is 4.78. The molecule has 1 fully saturated rings. The quantitative estimate of drug-likeness (QED) is 0.466. The molecule has 204 valence electrons. The molecule has 11 nitrogen and oxygen atoms in total. The number of fused-ring (bicyclic) bond motifs is 1. The van der Waals surface area contributed by atoms with Crippen LogP contribution < -0.4 is 24.8 Å². The van der Waals surface area contributed by atoms with E-state index in [1.165, 1.54) is 0 Å². The van der Waals surface area contributed by atoms with Gasteiger partial charge in [-0.25, -0.2) is 9.98 Å². The zero-order valence-corrected chi connectivity index (χ0v) is 22.6. The first kappa shape index (κ1) is 26.4. The number of hydrogen-bond donors (Lipinski definition) is 1. The Balaban J connectivity index is 1.42. The Kier molecular flexibility index (Phi) is 7.62. The molecule has 0 saturated carbocycles. The van der Waals surface area contributed by atoms with Gasteiger partial charge in [0.05, 0.1) is 46.9 Å². The zero-order chi connectivity index (χ0) is 27.5. The molecule has 0 spiro atoms. The number of carbonyl (C=O) groups is 1. The Hall–Kier alpha value is -4.22. The number of aromatic nitrogens is 2. The maximum absolute atomic E-state index is 13.5. The van der Waals surface area contributed by atoms with Crippen molar-refractivity contribution in [3.05, 3.63) is 58.8 Å². The van der Waals surface area contributed by atoms with E-state index in [0.717, 1.165) is 35.5 Å². The summed E-state index contributed by atoms with van der Waals surface area (Å²) < 4.78 is 21.8. The third-order valence-corrected chi connectivity index (χ3v) is 6.81. The van der Waals surface area contributed by atoms with E-state index in [0.29, 0.717) is 54.8 Å². The number of ether oxygens (including phenoxy) is 4. The van der Waals surface area contributed by atoms with Crippen LogP contribution >= 0.6 is 0 Å². The molecule has 11 heteroatoms. The molecule has 0 atom stereocenters. The van der Waals surface area contributed by atoms with E-state index in [1.807, 2.05) is 37.3 Å². The fourth-order valence-electron chi connectivity index (χ4n) is 4.78. The number of anilines is 2. The lowest BCUT2D eigenvalue weighted by Crippen LogP contribution is -2.45. The topological polar surface area (TPSA) is 125 Å². The fraction of sp³-hybridized carbons (Fsp3) is 0.357. The zero-order valence-electron chi connectivity index (χ0n) is 22.6. The molecule has 0 aliphatic carbocycles. The minimum absolute atomic E-state index is 0.130. The Bertz CT molecular complexity index is 1390. The Morgan fingerprint density at radius 1 is 1.05 bits per heavy atom. The second kappa shape index (κ2) is 11.3. The Morgan fingerprint density at radius 3 is 2.41 bits per heavy atom. The highest BCUT2D eigenvalue weighted by atomic mass is 16.5. The summed E-state index contributed by atoms with van der Waals surface area (Å²) in [7, 11) is 4.69. The van der Waals surface area contributed by atoms with E-state index < -0.39 is 0 Å². The summed E-state index contributed by atoms with van der Waals surface area (Å²) >= 11 is 0. The summed E-state index contributed by atoms with van der Waals surface area (Å²) in [5.41, 5.74) is 10.8. The van der Waals surface area contributed by atoms with Gasteiger partial charge in [-0.05, 0) is 36.8 Å². The minimum atomic E-state index is -0.189. The predicted octanol–water partition coefficient (Wildman–Crippen LogP) is 2.74. The van der Waals surface area contributed by atoms with E-state index in [9.17, 15) is 4.79 Å². The summed E-state index contributed by atoms with van der Waals surface area (Å²) in [6.07, 6.45) is 2.07. The van der Waals surface area contributed by atoms with Crippen molar-refractivity contribution in [3.63, 3.8) is 0 Å². The van der Waals surface area contributed by atoms with E-state index in [-0.39, 0.29) is 17.7 Å². The van der Waals surface area contributed by atoms with Crippen LogP contribution in [0.15, 0.2) is 41.5 Å². The molecule has 1 saturated heterocycles. The maximum atomic E-state index is 13.5. The van der Waals surface area contributed by atoms with Crippen molar-refractivity contribution < 1.29 is 23.7 Å². The molecule has 1 aromatic heterocycles. The van der Waals surface area contributed by atoms with Crippen molar-refractivity contribution >= 4 is 29.1 Å². The molecule has 0 bridgehead atoms. The van der Waals surface area contributed by atoms with E-state index >= 15 is 0 Å². The standard InChI is InChI=1S/C28H32N6O5/c1-17-5-6-21-20(11-17)24(27(35)34(21)16-33-7-9-39-10-8-33)31-28-30-15-19(26(29)32-28)12-18-13-22(36-2)25(38-4)23(14-18)37-3/h5-6,11,13-15H,7-10,12,16H2,1-4H3,(H2,29,30,32)/b31-24+. The number of hydrogen-bond acceptors (Lipinski definition) is 10. The molecule has 0 unspecified atom stereocenters. The second-order valence-corrected chi connectivity index (χ2v) is 9.38. The van der Waals surface area contributed by atoms with Gasteiger partial charge in [-0.1, -0.05) is 11.6 Å². The van der Waals surface area contributed by atoms with Crippen molar-refractivity contribution in [3.8, 4) is 17.2 Å². The average Bonchev–Trinajstić information content (AvgIpc) is 3.19. The summed E-state index contributed by atoms with van der Waals surface area (Å²) in [6.45, 7) is 5.29. The van der Waals surface area contributed by atoms with Crippen LogP contribution in [0.4, 0.5) is 17.5 Å². The molecule has 2 aromatic carbocycles. The van der Waals surface area contributed by atoms with Crippen molar-refractivity contribution in [1.82, 2.24) is 14.9 Å². The predicted molar refractivity (Wildman–Crippen MR) is 147 cm³/mol. The van der Waals surface area contributed by atoms with Gasteiger partial charge in [-0.15, -0.1) is 0 Å². The highest BCUT2D eigenvalue weighted by Crippen LogP contribution is 2.39. The van der Waals surface area contributed by atoms with Crippen LogP contribution in [0.25, 0.3) is 0 Å². The Labute approximate surface area is 227 Å². The van der Waals surface area contributed by atoms with Crippen molar-refractivity contribution in [2.45, 2.75) is 13.3 Å². The number of rotatable bonds is 8. The van der Waals surface area contributed by atoms with Gasteiger partial charge in [0.15, 0.2) is 11.5 Å². The van der Waals surface area contributed by atoms with Crippen molar-refractivity contribution in [2.75, 3.05) is 64.9 Å². The van der Waals surface area contributed by atoms with Crippen LogP contribution in [-0.2, 0) is 16.0 Å². The second-order valence-electron chi connectivity index (χ2n) is 9.38. The van der Waals surface area contributed by atoms with Crippen LogP contribution in [0.1, 0.15) is 22.3 Å². The average molecular weight is 533 g/mol. The molecule has 3 aromatic rings. The van der Waals surface area contributed by atoms with Gasteiger partial charge in [-0.3, -0.25) is 14.6 Å². The van der Waals surface area contributed by atoms with Gasteiger partial charge in [0.25, 0.3) is 11.9 Å². The number of nitrogens with zero attached hydrogens (tertiary/aromatic N) is 5. The number of benzene rings is 2. The lowest BCUT2D eigenvalue weighted by molar-refractivity contribution is -0.112. The molecular weight excluding hydrogens is 500 g/mol. The third kappa shape index (κ3) is 5.36. The molecule has 0 radical (unpaired) electrons. The molecular formula is C28H32N6O5. The highest BCUT2D eigenvalue weighted by Gasteiger charge is 2.35.